The fraction of sp³-hybridized carbons (Fsp3) is 0.235. The Bertz CT molecular complexity index is 789. The van der Waals surface area contributed by atoms with E-state index >= 15 is 0 Å². The molecule has 0 aliphatic rings. The van der Waals surface area contributed by atoms with Gasteiger partial charge < -0.3 is 0 Å². The number of Topliss-reactive ketones (excluding diaryl/α,β-unsaturated/α-hetero) is 1. The van der Waals surface area contributed by atoms with Crippen molar-refractivity contribution in [3.8, 4) is 0 Å². The van der Waals surface area contributed by atoms with E-state index in [2.05, 4.69) is 0 Å². The molecule has 0 atom stereocenters. The molecule has 0 amide bonds. The molecule has 3 nitrogen and oxygen atoms in total. The monoisotopic (exact) mass is 302 g/mol. The number of rotatable bonds is 4. The van der Waals surface area contributed by atoms with Crippen molar-refractivity contribution in [3.05, 3.63) is 64.7 Å². The second-order valence-corrected chi connectivity index (χ2v) is 7.31. The molecular formula is C17H18O3S. The normalized spacial score (nSPS) is 11.4. The van der Waals surface area contributed by atoms with E-state index in [9.17, 15) is 13.2 Å². The summed E-state index contributed by atoms with van der Waals surface area (Å²) in [4.78, 5) is 12.5. The first-order valence-electron chi connectivity index (χ1n) is 6.69. The molecule has 0 spiro atoms. The van der Waals surface area contributed by atoms with Crippen molar-refractivity contribution in [1.29, 1.82) is 0 Å². The highest BCUT2D eigenvalue weighted by atomic mass is 32.2. The van der Waals surface area contributed by atoms with Crippen LogP contribution in [-0.2, 0) is 9.84 Å². The molecule has 0 saturated carbocycles. The molecule has 2 aromatic carbocycles. The zero-order valence-electron chi connectivity index (χ0n) is 12.4. The van der Waals surface area contributed by atoms with Crippen LogP contribution in [0.5, 0.6) is 0 Å². The lowest BCUT2D eigenvalue weighted by Crippen LogP contribution is -2.17. The van der Waals surface area contributed by atoms with Gasteiger partial charge in [-0.15, -0.1) is 0 Å². The third kappa shape index (κ3) is 3.58. The Morgan fingerprint density at radius 1 is 0.952 bits per heavy atom. The lowest BCUT2D eigenvalue weighted by Gasteiger charge is -2.08. The van der Waals surface area contributed by atoms with Crippen molar-refractivity contribution in [2.24, 2.45) is 0 Å². The maximum absolute atomic E-state index is 12.3. The smallest absolute Gasteiger partial charge is 0.185 e. The van der Waals surface area contributed by atoms with E-state index in [-0.39, 0.29) is 10.7 Å². The van der Waals surface area contributed by atoms with Crippen LogP contribution in [0.3, 0.4) is 0 Å². The van der Waals surface area contributed by atoms with Crippen molar-refractivity contribution >= 4 is 15.6 Å². The molecular weight excluding hydrogens is 284 g/mol. The predicted molar refractivity (Wildman–Crippen MR) is 83.5 cm³/mol. The predicted octanol–water partition coefficient (Wildman–Crippen LogP) is 3.27. The summed E-state index contributed by atoms with van der Waals surface area (Å²) in [7, 11) is -3.61. The fourth-order valence-electron chi connectivity index (χ4n) is 2.18. The largest absolute Gasteiger partial charge is 0.293 e. The van der Waals surface area contributed by atoms with Gasteiger partial charge in [0.15, 0.2) is 15.6 Å². The Labute approximate surface area is 125 Å². The van der Waals surface area contributed by atoms with E-state index in [4.69, 9.17) is 0 Å². The lowest BCUT2D eigenvalue weighted by molar-refractivity contribution is 0.102. The molecule has 2 rings (SSSR count). The van der Waals surface area contributed by atoms with E-state index in [1.165, 1.54) is 6.07 Å². The lowest BCUT2D eigenvalue weighted by atomic mass is 10.0. The van der Waals surface area contributed by atoms with Crippen LogP contribution < -0.4 is 0 Å². The topological polar surface area (TPSA) is 51.2 Å². The van der Waals surface area contributed by atoms with E-state index in [1.54, 1.807) is 18.2 Å². The van der Waals surface area contributed by atoms with Crippen molar-refractivity contribution in [1.82, 2.24) is 0 Å². The van der Waals surface area contributed by atoms with Crippen LogP contribution in [0.4, 0.5) is 0 Å². The number of hydrogen-bond donors (Lipinski definition) is 0. The van der Waals surface area contributed by atoms with Crippen LogP contribution in [0.2, 0.25) is 0 Å². The van der Waals surface area contributed by atoms with Crippen molar-refractivity contribution in [2.75, 3.05) is 5.75 Å². The average molecular weight is 302 g/mol. The Hall–Kier alpha value is -1.94. The van der Waals surface area contributed by atoms with Gasteiger partial charge in [-0.05, 0) is 50.1 Å². The average Bonchev–Trinajstić information content (AvgIpc) is 2.41. The first-order valence-corrected chi connectivity index (χ1v) is 8.35. The zero-order chi connectivity index (χ0) is 15.6. The van der Waals surface area contributed by atoms with Gasteiger partial charge >= 0.3 is 0 Å². The quantitative estimate of drug-likeness (QED) is 0.815. The van der Waals surface area contributed by atoms with E-state index in [1.807, 2.05) is 39.0 Å². The molecule has 110 valence electrons. The highest BCUT2D eigenvalue weighted by Gasteiger charge is 2.21. The third-order valence-electron chi connectivity index (χ3n) is 3.36. The van der Waals surface area contributed by atoms with Gasteiger partial charge in [-0.25, -0.2) is 8.42 Å². The molecule has 0 aliphatic heterocycles. The first kappa shape index (κ1) is 15.4. The van der Waals surface area contributed by atoms with E-state index in [0.717, 1.165) is 16.7 Å². The second kappa shape index (κ2) is 5.82. The summed E-state index contributed by atoms with van der Waals surface area (Å²) in [5, 5.41) is 0. The number of ketones is 1. The minimum absolute atomic E-state index is 0.196. The summed E-state index contributed by atoms with van der Waals surface area (Å²) in [6.45, 7) is 5.52. The van der Waals surface area contributed by atoms with Gasteiger partial charge in [0.1, 0.15) is 5.75 Å². The minimum atomic E-state index is -3.61. The molecule has 21 heavy (non-hydrogen) atoms. The van der Waals surface area contributed by atoms with Gasteiger partial charge in [-0.2, -0.15) is 0 Å². The zero-order valence-corrected chi connectivity index (χ0v) is 13.2. The highest BCUT2D eigenvalue weighted by Crippen LogP contribution is 2.17. The minimum Gasteiger partial charge on any atom is -0.293 e. The maximum atomic E-state index is 12.3. The first-order chi connectivity index (χ1) is 9.79. The SMILES string of the molecule is Cc1cccc(S(=O)(=O)CC(=O)c2cc(C)ccc2C)c1. The molecule has 0 aromatic heterocycles. The third-order valence-corrected chi connectivity index (χ3v) is 4.98. The number of carbonyl (C=O) groups excluding carboxylic acids is 1. The number of hydrogen-bond acceptors (Lipinski definition) is 3. The highest BCUT2D eigenvalue weighted by molar-refractivity contribution is 7.92. The van der Waals surface area contributed by atoms with Crippen molar-refractivity contribution in [3.63, 3.8) is 0 Å². The fourth-order valence-corrected chi connectivity index (χ4v) is 3.50. The van der Waals surface area contributed by atoms with Gasteiger partial charge in [0.05, 0.1) is 4.90 Å². The number of carbonyl (C=O) groups is 1. The number of sulfone groups is 1. The van der Waals surface area contributed by atoms with Crippen molar-refractivity contribution in [2.45, 2.75) is 25.7 Å². The number of benzene rings is 2. The van der Waals surface area contributed by atoms with Crippen LogP contribution in [-0.4, -0.2) is 20.0 Å². The van der Waals surface area contributed by atoms with Gasteiger partial charge in [0.25, 0.3) is 0 Å². The Kier molecular flexibility index (Phi) is 4.28. The second-order valence-electron chi connectivity index (χ2n) is 5.32. The summed E-state index contributed by atoms with van der Waals surface area (Å²) >= 11 is 0. The molecule has 0 saturated heterocycles. The van der Waals surface area contributed by atoms with E-state index in [0.29, 0.717) is 5.56 Å². The molecule has 0 N–H and O–H groups in total. The summed E-state index contributed by atoms with van der Waals surface area (Å²) < 4.78 is 24.7. The van der Waals surface area contributed by atoms with Gasteiger partial charge in [0, 0.05) is 5.56 Å². The molecule has 0 heterocycles. The molecule has 0 fully saturated rings. The van der Waals surface area contributed by atoms with Crippen LogP contribution in [0.25, 0.3) is 0 Å². The summed E-state index contributed by atoms with van der Waals surface area (Å²) in [5.74, 6) is -0.862. The van der Waals surface area contributed by atoms with Gasteiger partial charge in [-0.1, -0.05) is 29.8 Å². The Balaban J connectivity index is 2.32. The molecule has 0 aliphatic carbocycles. The Morgan fingerprint density at radius 2 is 1.62 bits per heavy atom. The van der Waals surface area contributed by atoms with Crippen LogP contribution in [0, 0.1) is 20.8 Å². The summed E-state index contributed by atoms with van der Waals surface area (Å²) in [6.07, 6.45) is 0. The molecule has 0 unspecified atom stereocenters. The summed E-state index contributed by atoms with van der Waals surface area (Å²) in [5.41, 5.74) is 3.07. The standard InChI is InChI=1S/C17H18O3S/c1-12-5-4-6-15(9-12)21(19,20)11-17(18)16-10-13(2)7-8-14(16)3/h4-10H,11H2,1-3H3. The van der Waals surface area contributed by atoms with Gasteiger partial charge in [0.2, 0.25) is 0 Å². The molecule has 0 radical (unpaired) electrons. The van der Waals surface area contributed by atoms with Crippen LogP contribution >= 0.6 is 0 Å². The van der Waals surface area contributed by atoms with Crippen LogP contribution in [0.15, 0.2) is 47.4 Å². The van der Waals surface area contributed by atoms with Crippen LogP contribution in [0.1, 0.15) is 27.0 Å². The maximum Gasteiger partial charge on any atom is 0.185 e. The van der Waals surface area contributed by atoms with Crippen molar-refractivity contribution < 1.29 is 13.2 Å². The Morgan fingerprint density at radius 3 is 2.29 bits per heavy atom. The van der Waals surface area contributed by atoms with E-state index < -0.39 is 15.6 Å². The summed E-state index contributed by atoms with van der Waals surface area (Å²) in [6, 6.07) is 12.1. The number of aryl methyl sites for hydroxylation is 3. The molecule has 0 bridgehead atoms. The van der Waals surface area contributed by atoms with Gasteiger partial charge in [-0.3, -0.25) is 4.79 Å². The molecule has 2 aromatic rings. The molecule has 4 heteroatoms.